The van der Waals surface area contributed by atoms with Crippen molar-refractivity contribution < 1.29 is 19.1 Å². The lowest BCUT2D eigenvalue weighted by atomic mass is 9.98. The number of carbonyl (C=O) groups is 2. The molecule has 0 unspecified atom stereocenters. The van der Waals surface area contributed by atoms with Crippen molar-refractivity contribution in [3.63, 3.8) is 0 Å². The molecule has 0 aliphatic carbocycles. The molecule has 0 aromatic heterocycles. The van der Waals surface area contributed by atoms with Gasteiger partial charge in [-0.25, -0.2) is 0 Å². The quantitative estimate of drug-likeness (QED) is 0.134. The van der Waals surface area contributed by atoms with Crippen LogP contribution >= 0.6 is 0 Å². The molecule has 1 aliphatic rings. The molecular weight excluding hydrogens is 426 g/mol. The Kier molecular flexibility index (Phi) is 13.9. The molecule has 0 radical (unpaired) electrons. The molecule has 1 heterocycles. The summed E-state index contributed by atoms with van der Waals surface area (Å²) in [5.41, 5.74) is 2.33. The van der Waals surface area contributed by atoms with Crippen LogP contribution in [-0.4, -0.2) is 29.9 Å². The zero-order chi connectivity index (χ0) is 24.6. The van der Waals surface area contributed by atoms with Gasteiger partial charge in [0.05, 0.1) is 0 Å². The maximum absolute atomic E-state index is 11.5. The maximum atomic E-state index is 11.5. The average molecular weight is 474 g/mol. The fourth-order valence-electron chi connectivity index (χ4n) is 4.81. The Hall–Kier alpha value is -1.88. The third-order valence-corrected chi connectivity index (χ3v) is 6.69. The Morgan fingerprint density at radius 3 is 1.62 bits per heavy atom. The molecule has 5 heteroatoms. The molecule has 1 aromatic rings. The molecule has 1 aromatic carbocycles. The third kappa shape index (κ3) is 11.5. The van der Waals surface area contributed by atoms with E-state index in [4.69, 9.17) is 9.47 Å². The molecule has 34 heavy (non-hydrogen) atoms. The number of carbonyl (C=O) groups excluding carboxylic acids is 2. The summed E-state index contributed by atoms with van der Waals surface area (Å²) in [6.07, 6.45) is 20.2. The lowest BCUT2D eigenvalue weighted by Gasteiger charge is -2.29. The second-order valence-corrected chi connectivity index (χ2v) is 9.88. The highest BCUT2D eigenvalue weighted by atomic mass is 16.6. The van der Waals surface area contributed by atoms with Gasteiger partial charge in [-0.1, -0.05) is 90.4 Å². The Bertz CT molecular complexity index is 746. The van der Waals surface area contributed by atoms with Crippen LogP contribution in [0.5, 0.6) is 11.5 Å². The molecule has 1 aliphatic heterocycles. The first kappa shape index (κ1) is 28.4. The van der Waals surface area contributed by atoms with E-state index in [2.05, 4.69) is 11.8 Å². The highest BCUT2D eigenvalue weighted by Crippen LogP contribution is 2.34. The lowest BCUT2D eigenvalue weighted by molar-refractivity contribution is -0.134. The fraction of sp³-hybridized carbons (Fsp3) is 0.724. The smallest absolute Gasteiger partial charge is 0.308 e. The van der Waals surface area contributed by atoms with Gasteiger partial charge in [-0.05, 0) is 42.6 Å². The van der Waals surface area contributed by atoms with Gasteiger partial charge < -0.3 is 9.47 Å². The highest BCUT2D eigenvalue weighted by Gasteiger charge is 2.21. The molecule has 5 nitrogen and oxygen atoms in total. The minimum atomic E-state index is -0.413. The summed E-state index contributed by atoms with van der Waals surface area (Å²) in [6.45, 7) is 7.96. The molecule has 0 amide bonds. The van der Waals surface area contributed by atoms with Crippen LogP contribution in [0.3, 0.4) is 0 Å². The summed E-state index contributed by atoms with van der Waals surface area (Å²) >= 11 is 0. The molecule has 0 spiro atoms. The van der Waals surface area contributed by atoms with Crippen LogP contribution in [0.2, 0.25) is 0 Å². The van der Waals surface area contributed by atoms with Gasteiger partial charge in [-0.2, -0.15) is 0 Å². The summed E-state index contributed by atoms with van der Waals surface area (Å²) in [5.74, 6) is -0.159. The second-order valence-electron chi connectivity index (χ2n) is 9.88. The van der Waals surface area contributed by atoms with Crippen molar-refractivity contribution in [3.05, 3.63) is 23.3 Å². The van der Waals surface area contributed by atoms with Gasteiger partial charge in [0.1, 0.15) is 0 Å². The first-order valence-corrected chi connectivity index (χ1v) is 13.7. The molecule has 192 valence electrons. The number of hydrogen-bond donors (Lipinski definition) is 0. The van der Waals surface area contributed by atoms with Crippen LogP contribution in [-0.2, 0) is 22.6 Å². The summed E-state index contributed by atoms with van der Waals surface area (Å²) in [4.78, 5) is 25.4. The number of fused-ring (bicyclic) bond motifs is 1. The first-order chi connectivity index (χ1) is 16.5. The van der Waals surface area contributed by atoms with Crippen LogP contribution in [0.25, 0.3) is 0 Å². The van der Waals surface area contributed by atoms with Crippen molar-refractivity contribution in [1.29, 1.82) is 0 Å². The molecule has 0 saturated carbocycles. The number of ether oxygens (including phenoxy) is 2. The molecule has 0 atom stereocenters. The van der Waals surface area contributed by atoms with Crippen molar-refractivity contribution >= 4 is 11.9 Å². The van der Waals surface area contributed by atoms with E-state index in [1.54, 1.807) is 0 Å². The predicted molar refractivity (Wildman–Crippen MR) is 138 cm³/mol. The van der Waals surface area contributed by atoms with Crippen molar-refractivity contribution in [3.8, 4) is 11.5 Å². The zero-order valence-corrected chi connectivity index (χ0v) is 22.0. The number of benzene rings is 1. The standard InChI is InChI=1S/C29H47NO4/c1-4-5-6-7-8-9-10-11-12-13-14-15-16-17-19-30-20-18-26-21-28(33-24(2)31)29(34-25(3)32)22-27(26)23-30/h21-22H,4-20,23H2,1-3H3. The lowest BCUT2D eigenvalue weighted by Crippen LogP contribution is -2.31. The number of unbranched alkanes of at least 4 members (excludes halogenated alkanes) is 13. The van der Waals surface area contributed by atoms with Crippen molar-refractivity contribution in [2.24, 2.45) is 0 Å². The monoisotopic (exact) mass is 473 g/mol. The van der Waals surface area contributed by atoms with Gasteiger partial charge >= 0.3 is 11.9 Å². The molecule has 0 N–H and O–H groups in total. The van der Waals surface area contributed by atoms with E-state index in [0.717, 1.165) is 31.6 Å². The Balaban J connectivity index is 1.59. The van der Waals surface area contributed by atoms with E-state index >= 15 is 0 Å². The highest BCUT2D eigenvalue weighted by molar-refractivity contribution is 5.74. The van der Waals surface area contributed by atoms with E-state index < -0.39 is 11.9 Å². The van der Waals surface area contributed by atoms with Crippen LogP contribution in [0.1, 0.15) is 122 Å². The molecule has 0 saturated heterocycles. The van der Waals surface area contributed by atoms with E-state index in [0.29, 0.717) is 11.5 Å². The van der Waals surface area contributed by atoms with E-state index in [1.807, 2.05) is 12.1 Å². The summed E-state index contributed by atoms with van der Waals surface area (Å²) < 4.78 is 10.6. The van der Waals surface area contributed by atoms with Crippen molar-refractivity contribution in [2.45, 2.75) is 124 Å². The second kappa shape index (κ2) is 16.7. The Labute approximate surface area is 207 Å². The molecule has 0 fully saturated rings. The SMILES string of the molecule is CCCCCCCCCCCCCCCCN1CCc2cc(OC(C)=O)c(OC(C)=O)cc2C1. The van der Waals surface area contributed by atoms with Gasteiger partial charge in [-0.15, -0.1) is 0 Å². The van der Waals surface area contributed by atoms with Gasteiger partial charge in [0.25, 0.3) is 0 Å². The molecular formula is C29H47NO4. The van der Waals surface area contributed by atoms with E-state index in [-0.39, 0.29) is 0 Å². The fourth-order valence-corrected chi connectivity index (χ4v) is 4.81. The van der Waals surface area contributed by atoms with Gasteiger partial charge in [0.2, 0.25) is 0 Å². The van der Waals surface area contributed by atoms with E-state index in [1.165, 1.54) is 109 Å². The predicted octanol–water partition coefficient (Wildman–Crippen LogP) is 7.38. The van der Waals surface area contributed by atoms with Crippen LogP contribution in [0.4, 0.5) is 0 Å². The normalized spacial score (nSPS) is 13.5. The Morgan fingerprint density at radius 1 is 0.706 bits per heavy atom. The van der Waals surface area contributed by atoms with Crippen molar-refractivity contribution in [2.75, 3.05) is 13.1 Å². The summed E-state index contributed by atoms with van der Waals surface area (Å²) in [6, 6.07) is 3.73. The summed E-state index contributed by atoms with van der Waals surface area (Å²) in [5, 5.41) is 0. The average Bonchev–Trinajstić information content (AvgIpc) is 2.79. The maximum Gasteiger partial charge on any atom is 0.308 e. The summed E-state index contributed by atoms with van der Waals surface area (Å²) in [7, 11) is 0. The number of hydrogen-bond acceptors (Lipinski definition) is 5. The van der Waals surface area contributed by atoms with Gasteiger partial charge in [0, 0.05) is 26.9 Å². The first-order valence-electron chi connectivity index (χ1n) is 13.7. The van der Waals surface area contributed by atoms with Gasteiger partial charge in [-0.3, -0.25) is 14.5 Å². The van der Waals surface area contributed by atoms with Crippen molar-refractivity contribution in [1.82, 2.24) is 4.90 Å². The third-order valence-electron chi connectivity index (χ3n) is 6.69. The van der Waals surface area contributed by atoms with Gasteiger partial charge in [0.15, 0.2) is 11.5 Å². The molecule has 0 bridgehead atoms. The minimum absolute atomic E-state index is 0.333. The number of rotatable bonds is 17. The minimum Gasteiger partial charge on any atom is -0.423 e. The Morgan fingerprint density at radius 2 is 1.15 bits per heavy atom. The zero-order valence-electron chi connectivity index (χ0n) is 22.0. The van der Waals surface area contributed by atoms with Crippen LogP contribution in [0.15, 0.2) is 12.1 Å². The van der Waals surface area contributed by atoms with E-state index in [9.17, 15) is 9.59 Å². The topological polar surface area (TPSA) is 55.8 Å². The largest absolute Gasteiger partial charge is 0.423 e. The molecule has 2 rings (SSSR count). The number of nitrogens with zero attached hydrogens (tertiary/aromatic N) is 1. The van der Waals surface area contributed by atoms with Crippen LogP contribution in [0, 0.1) is 0 Å². The van der Waals surface area contributed by atoms with Crippen LogP contribution < -0.4 is 9.47 Å². The number of esters is 2.